The number of hydrogen-bond donors (Lipinski definition) is 1. The Bertz CT molecular complexity index is 686. The first-order valence-electron chi connectivity index (χ1n) is 6.40. The average molecular weight is 313 g/mol. The van der Waals surface area contributed by atoms with Crippen molar-refractivity contribution < 1.29 is 22.7 Å². The summed E-state index contributed by atoms with van der Waals surface area (Å²) < 4.78 is 43.4. The normalized spacial score (nSPS) is 10.8. The Balaban J connectivity index is 2.12. The second-order valence-electron chi connectivity index (χ2n) is 4.65. The Morgan fingerprint density at radius 1 is 1.36 bits per heavy atom. The molecular weight excluding hydrogens is 299 g/mol. The van der Waals surface area contributed by atoms with Gasteiger partial charge in [-0.2, -0.15) is 13.9 Å². The van der Waals surface area contributed by atoms with Gasteiger partial charge in [0.25, 0.3) is 0 Å². The number of alkyl halides is 2. The van der Waals surface area contributed by atoms with Gasteiger partial charge in [-0.1, -0.05) is 0 Å². The minimum atomic E-state index is -3.12. The number of rotatable bonds is 5. The van der Waals surface area contributed by atoms with Gasteiger partial charge < -0.3 is 10.1 Å². The highest BCUT2D eigenvalue weighted by Crippen LogP contribution is 2.27. The molecule has 0 aliphatic carbocycles. The molecule has 8 heteroatoms. The predicted molar refractivity (Wildman–Crippen MR) is 73.4 cm³/mol. The van der Waals surface area contributed by atoms with E-state index in [0.717, 1.165) is 29.6 Å². The van der Waals surface area contributed by atoms with Crippen LogP contribution in [0.25, 0.3) is 0 Å². The average Bonchev–Trinajstić information content (AvgIpc) is 2.70. The standard InChI is InChI=1S/C14H14F3N3O2/c1-8-5-9(2)20(19-8)7-13(21)18-11-4-3-10(15)6-12(11)22-14(16)17/h3-6,14H,7H2,1-2H3,(H,18,21). The van der Waals surface area contributed by atoms with Crippen LogP contribution in [0.4, 0.5) is 18.9 Å². The molecule has 0 unspecified atom stereocenters. The van der Waals surface area contributed by atoms with E-state index in [-0.39, 0.29) is 12.2 Å². The monoisotopic (exact) mass is 313 g/mol. The van der Waals surface area contributed by atoms with Crippen molar-refractivity contribution in [3.63, 3.8) is 0 Å². The Hall–Kier alpha value is -2.51. The quantitative estimate of drug-likeness (QED) is 0.923. The molecule has 22 heavy (non-hydrogen) atoms. The van der Waals surface area contributed by atoms with Gasteiger partial charge in [-0.05, 0) is 32.0 Å². The number of nitrogens with one attached hydrogen (secondary N) is 1. The topological polar surface area (TPSA) is 56.2 Å². The van der Waals surface area contributed by atoms with Gasteiger partial charge in [0.15, 0.2) is 5.75 Å². The van der Waals surface area contributed by atoms with Gasteiger partial charge in [0.05, 0.1) is 11.4 Å². The van der Waals surface area contributed by atoms with Gasteiger partial charge in [-0.25, -0.2) is 4.39 Å². The van der Waals surface area contributed by atoms with Crippen molar-refractivity contribution >= 4 is 11.6 Å². The molecule has 1 N–H and O–H groups in total. The molecule has 0 saturated heterocycles. The van der Waals surface area contributed by atoms with Crippen LogP contribution in [0.15, 0.2) is 24.3 Å². The summed E-state index contributed by atoms with van der Waals surface area (Å²) in [6.45, 7) is 0.367. The van der Waals surface area contributed by atoms with Gasteiger partial charge in [0, 0.05) is 11.8 Å². The first-order chi connectivity index (χ1) is 10.3. The first kappa shape index (κ1) is 15.9. The van der Waals surface area contributed by atoms with Crippen molar-refractivity contribution in [2.75, 3.05) is 5.32 Å². The highest BCUT2D eigenvalue weighted by molar-refractivity contribution is 5.92. The van der Waals surface area contributed by atoms with E-state index in [1.54, 1.807) is 19.9 Å². The molecule has 0 aliphatic rings. The molecule has 0 saturated carbocycles. The van der Waals surface area contributed by atoms with E-state index in [4.69, 9.17) is 0 Å². The molecule has 118 valence electrons. The molecule has 1 heterocycles. The third-order valence-electron chi connectivity index (χ3n) is 2.83. The smallest absolute Gasteiger partial charge is 0.387 e. The van der Waals surface area contributed by atoms with Crippen LogP contribution in [0.2, 0.25) is 0 Å². The van der Waals surface area contributed by atoms with Crippen LogP contribution in [-0.2, 0) is 11.3 Å². The van der Waals surface area contributed by atoms with Gasteiger partial charge >= 0.3 is 6.61 Å². The van der Waals surface area contributed by atoms with Gasteiger partial charge in [-0.15, -0.1) is 0 Å². The zero-order chi connectivity index (χ0) is 16.3. The minimum absolute atomic E-state index is 0.0340. The lowest BCUT2D eigenvalue weighted by Crippen LogP contribution is -2.21. The van der Waals surface area contributed by atoms with Crippen LogP contribution in [-0.4, -0.2) is 22.3 Å². The lowest BCUT2D eigenvalue weighted by atomic mass is 10.3. The molecule has 0 bridgehead atoms. The van der Waals surface area contributed by atoms with Crippen molar-refractivity contribution in [2.24, 2.45) is 0 Å². The number of ether oxygens (including phenoxy) is 1. The second kappa shape index (κ2) is 6.50. The number of aromatic nitrogens is 2. The maximum Gasteiger partial charge on any atom is 0.387 e. The van der Waals surface area contributed by atoms with Crippen LogP contribution >= 0.6 is 0 Å². The third-order valence-corrected chi connectivity index (χ3v) is 2.83. The molecule has 0 spiro atoms. The Morgan fingerprint density at radius 3 is 2.68 bits per heavy atom. The van der Waals surface area contributed by atoms with Crippen molar-refractivity contribution in [1.82, 2.24) is 9.78 Å². The molecule has 2 rings (SSSR count). The summed E-state index contributed by atoms with van der Waals surface area (Å²) >= 11 is 0. The van der Waals surface area contributed by atoms with Crippen LogP contribution in [0, 0.1) is 19.7 Å². The largest absolute Gasteiger partial charge is 0.432 e. The van der Waals surface area contributed by atoms with E-state index in [1.807, 2.05) is 0 Å². The van der Waals surface area contributed by atoms with Crippen LogP contribution in [0.5, 0.6) is 5.75 Å². The molecule has 2 aromatic rings. The molecule has 1 aromatic heterocycles. The fourth-order valence-electron chi connectivity index (χ4n) is 1.95. The third kappa shape index (κ3) is 4.00. The Labute approximate surface area is 124 Å². The lowest BCUT2D eigenvalue weighted by molar-refractivity contribution is -0.117. The van der Waals surface area contributed by atoms with E-state index < -0.39 is 24.1 Å². The molecular formula is C14H14F3N3O2. The maximum absolute atomic E-state index is 13.1. The number of aryl methyl sites for hydroxylation is 2. The zero-order valence-corrected chi connectivity index (χ0v) is 11.9. The number of nitrogens with zero attached hydrogens (tertiary/aromatic N) is 2. The summed E-state index contributed by atoms with van der Waals surface area (Å²) in [5.74, 6) is -1.67. The number of hydrogen-bond acceptors (Lipinski definition) is 3. The summed E-state index contributed by atoms with van der Waals surface area (Å²) in [5, 5.41) is 6.52. The minimum Gasteiger partial charge on any atom is -0.432 e. The first-order valence-corrected chi connectivity index (χ1v) is 6.40. The fourth-order valence-corrected chi connectivity index (χ4v) is 1.95. The van der Waals surface area contributed by atoms with E-state index in [2.05, 4.69) is 15.2 Å². The molecule has 5 nitrogen and oxygen atoms in total. The highest BCUT2D eigenvalue weighted by atomic mass is 19.3. The molecule has 0 radical (unpaired) electrons. The van der Waals surface area contributed by atoms with E-state index >= 15 is 0 Å². The Morgan fingerprint density at radius 2 is 2.09 bits per heavy atom. The summed E-state index contributed by atoms with van der Waals surface area (Å²) in [4.78, 5) is 12.0. The number of benzene rings is 1. The van der Waals surface area contributed by atoms with Crippen molar-refractivity contribution in [3.8, 4) is 5.75 Å². The van der Waals surface area contributed by atoms with Gasteiger partial charge in [0.1, 0.15) is 12.4 Å². The van der Waals surface area contributed by atoms with Gasteiger partial charge in [0.2, 0.25) is 5.91 Å². The number of halogens is 3. The van der Waals surface area contributed by atoms with Gasteiger partial charge in [-0.3, -0.25) is 9.48 Å². The zero-order valence-electron chi connectivity index (χ0n) is 11.9. The molecule has 0 aliphatic heterocycles. The molecule has 1 aromatic carbocycles. The summed E-state index contributed by atoms with van der Waals surface area (Å²) in [6.07, 6.45) is 0. The Kier molecular flexibility index (Phi) is 4.69. The summed E-state index contributed by atoms with van der Waals surface area (Å²) in [6, 6.07) is 4.78. The van der Waals surface area contributed by atoms with E-state index in [1.165, 1.54) is 4.68 Å². The maximum atomic E-state index is 13.1. The molecule has 1 amide bonds. The predicted octanol–water partition coefficient (Wildman–Crippen LogP) is 2.88. The van der Waals surface area contributed by atoms with Crippen LogP contribution in [0.3, 0.4) is 0 Å². The molecule has 0 fully saturated rings. The summed E-state index contributed by atoms with van der Waals surface area (Å²) in [7, 11) is 0. The molecule has 0 atom stereocenters. The summed E-state index contributed by atoms with van der Waals surface area (Å²) in [5.41, 5.74) is 1.51. The van der Waals surface area contributed by atoms with Crippen LogP contribution in [0.1, 0.15) is 11.4 Å². The van der Waals surface area contributed by atoms with E-state index in [0.29, 0.717) is 0 Å². The SMILES string of the molecule is Cc1cc(C)n(CC(=O)Nc2ccc(F)cc2OC(F)F)n1. The van der Waals surface area contributed by atoms with Crippen molar-refractivity contribution in [2.45, 2.75) is 27.0 Å². The second-order valence-corrected chi connectivity index (χ2v) is 4.65. The van der Waals surface area contributed by atoms with Crippen molar-refractivity contribution in [3.05, 3.63) is 41.5 Å². The van der Waals surface area contributed by atoms with E-state index in [9.17, 15) is 18.0 Å². The number of amides is 1. The fraction of sp³-hybridized carbons (Fsp3) is 0.286. The lowest BCUT2D eigenvalue weighted by Gasteiger charge is -2.12. The van der Waals surface area contributed by atoms with Crippen molar-refractivity contribution in [1.29, 1.82) is 0 Å². The number of carbonyl (C=O) groups excluding carboxylic acids is 1. The number of carbonyl (C=O) groups is 1. The van der Waals surface area contributed by atoms with Crippen LogP contribution < -0.4 is 10.1 Å². The highest BCUT2D eigenvalue weighted by Gasteiger charge is 2.14. The number of anilines is 1.